The highest BCUT2D eigenvalue weighted by molar-refractivity contribution is 5.60. The molecule has 1 rings (SSSR count). The number of benzene rings is 1. The molecule has 0 aromatic heterocycles. The Morgan fingerprint density at radius 3 is 1.88 bits per heavy atom. The van der Waals surface area contributed by atoms with Crippen molar-refractivity contribution in [3.05, 3.63) is 23.3 Å². The van der Waals surface area contributed by atoms with Crippen molar-refractivity contribution in [3.63, 3.8) is 0 Å². The number of anilines is 1. The number of alkyl halides is 6. The summed E-state index contributed by atoms with van der Waals surface area (Å²) in [4.78, 5) is 0. The van der Waals surface area contributed by atoms with Gasteiger partial charge in [0.2, 0.25) is 0 Å². The molecular formula is C9H7F6NO. The van der Waals surface area contributed by atoms with E-state index in [1.807, 2.05) is 0 Å². The first-order valence-corrected chi connectivity index (χ1v) is 4.20. The Labute approximate surface area is 92.0 Å². The predicted molar refractivity (Wildman–Crippen MR) is 47.4 cm³/mol. The number of rotatable bonds is 1. The maximum atomic E-state index is 12.5. The summed E-state index contributed by atoms with van der Waals surface area (Å²) in [5.74, 6) is -1.31. The van der Waals surface area contributed by atoms with Gasteiger partial charge in [-0.1, -0.05) is 0 Å². The van der Waals surface area contributed by atoms with Gasteiger partial charge in [0.25, 0.3) is 0 Å². The molecule has 0 atom stereocenters. The Hall–Kier alpha value is -1.60. The third-order valence-electron chi connectivity index (χ3n) is 1.98. The molecule has 0 aliphatic rings. The number of hydrogen-bond donors (Lipinski definition) is 1. The van der Waals surface area contributed by atoms with Crippen LogP contribution in [-0.4, -0.2) is 7.11 Å². The fraction of sp³-hybridized carbons (Fsp3) is 0.333. The highest BCUT2D eigenvalue weighted by Gasteiger charge is 2.43. The summed E-state index contributed by atoms with van der Waals surface area (Å²) < 4.78 is 79.1. The standard InChI is InChI=1S/C9H7F6NO/c1-17-7-4(8(10,11)12)2-3-5(16)6(7)9(13,14)15/h2-3H,16H2,1H3. The molecule has 1 aromatic carbocycles. The number of nitrogens with two attached hydrogens (primary N) is 1. The summed E-state index contributed by atoms with van der Waals surface area (Å²) in [6.07, 6.45) is -9.96. The van der Waals surface area contributed by atoms with Gasteiger partial charge >= 0.3 is 12.4 Å². The molecule has 0 heterocycles. The maximum absolute atomic E-state index is 12.5. The van der Waals surface area contributed by atoms with Crippen LogP contribution in [0, 0.1) is 0 Å². The third-order valence-corrected chi connectivity index (χ3v) is 1.98. The Balaban J connectivity index is 3.60. The van der Waals surface area contributed by atoms with Crippen LogP contribution in [-0.2, 0) is 12.4 Å². The molecule has 0 aliphatic heterocycles. The van der Waals surface area contributed by atoms with E-state index in [0.29, 0.717) is 12.1 Å². The second kappa shape index (κ2) is 4.01. The smallest absolute Gasteiger partial charge is 0.421 e. The fourth-order valence-electron chi connectivity index (χ4n) is 1.33. The number of ether oxygens (including phenoxy) is 1. The van der Waals surface area contributed by atoms with Crippen molar-refractivity contribution >= 4 is 5.69 Å². The zero-order chi connectivity index (χ0) is 13.4. The van der Waals surface area contributed by atoms with Gasteiger partial charge in [-0.05, 0) is 12.1 Å². The van der Waals surface area contributed by atoms with Crippen LogP contribution in [0.4, 0.5) is 32.0 Å². The molecule has 2 N–H and O–H groups in total. The minimum atomic E-state index is -5.02. The lowest BCUT2D eigenvalue weighted by Crippen LogP contribution is -2.16. The molecule has 96 valence electrons. The SMILES string of the molecule is COc1c(C(F)(F)F)ccc(N)c1C(F)(F)F. The Bertz CT molecular complexity index is 423. The average molecular weight is 259 g/mol. The van der Waals surface area contributed by atoms with Gasteiger partial charge in [0.15, 0.2) is 0 Å². The van der Waals surface area contributed by atoms with Crippen LogP contribution >= 0.6 is 0 Å². The molecule has 0 saturated heterocycles. The van der Waals surface area contributed by atoms with E-state index in [1.54, 1.807) is 0 Å². The van der Waals surface area contributed by atoms with E-state index >= 15 is 0 Å². The second-order valence-electron chi connectivity index (χ2n) is 3.11. The largest absolute Gasteiger partial charge is 0.495 e. The monoisotopic (exact) mass is 259 g/mol. The summed E-state index contributed by atoms with van der Waals surface area (Å²) in [5, 5.41) is 0. The summed E-state index contributed by atoms with van der Waals surface area (Å²) in [7, 11) is 0.721. The summed E-state index contributed by atoms with van der Waals surface area (Å²) in [6.45, 7) is 0. The number of methoxy groups -OCH3 is 1. The molecule has 8 heteroatoms. The fourth-order valence-corrected chi connectivity index (χ4v) is 1.33. The van der Waals surface area contributed by atoms with Crippen molar-refractivity contribution in [1.82, 2.24) is 0 Å². The molecule has 0 unspecified atom stereocenters. The van der Waals surface area contributed by atoms with E-state index in [2.05, 4.69) is 4.74 Å². The summed E-state index contributed by atoms with van der Waals surface area (Å²) in [6, 6.07) is 0.998. The van der Waals surface area contributed by atoms with Crippen LogP contribution in [0.5, 0.6) is 5.75 Å². The molecule has 0 saturated carbocycles. The molecule has 0 radical (unpaired) electrons. The Morgan fingerprint density at radius 1 is 1.00 bits per heavy atom. The average Bonchev–Trinajstić information content (AvgIpc) is 2.12. The van der Waals surface area contributed by atoms with Gasteiger partial charge in [0.1, 0.15) is 11.3 Å². The molecule has 17 heavy (non-hydrogen) atoms. The molecule has 1 aromatic rings. The molecule has 0 bridgehead atoms. The van der Waals surface area contributed by atoms with Crippen molar-refractivity contribution in [2.24, 2.45) is 0 Å². The first-order chi connectivity index (χ1) is 7.59. The highest BCUT2D eigenvalue weighted by Crippen LogP contribution is 2.46. The van der Waals surface area contributed by atoms with E-state index < -0.39 is 34.9 Å². The minimum Gasteiger partial charge on any atom is -0.495 e. The lowest BCUT2D eigenvalue weighted by Gasteiger charge is -2.18. The molecule has 0 fully saturated rings. The first-order valence-electron chi connectivity index (χ1n) is 4.20. The Morgan fingerprint density at radius 2 is 1.53 bits per heavy atom. The van der Waals surface area contributed by atoms with Crippen molar-refractivity contribution < 1.29 is 31.1 Å². The van der Waals surface area contributed by atoms with Gasteiger partial charge in [-0.15, -0.1) is 0 Å². The van der Waals surface area contributed by atoms with E-state index in [-0.39, 0.29) is 0 Å². The quantitative estimate of drug-likeness (QED) is 0.620. The summed E-state index contributed by atoms with van der Waals surface area (Å²) in [5.41, 5.74) is 1.08. The number of halogens is 6. The van der Waals surface area contributed by atoms with Gasteiger partial charge in [-0.3, -0.25) is 0 Å². The molecule has 2 nitrogen and oxygen atoms in total. The van der Waals surface area contributed by atoms with E-state index in [1.165, 1.54) is 0 Å². The third kappa shape index (κ3) is 2.56. The van der Waals surface area contributed by atoms with Crippen molar-refractivity contribution in [3.8, 4) is 5.75 Å². The van der Waals surface area contributed by atoms with Crippen molar-refractivity contribution in [1.29, 1.82) is 0 Å². The van der Waals surface area contributed by atoms with Crippen LogP contribution in [0.15, 0.2) is 12.1 Å². The van der Waals surface area contributed by atoms with Gasteiger partial charge in [0.05, 0.1) is 12.7 Å². The van der Waals surface area contributed by atoms with Crippen LogP contribution in [0.25, 0.3) is 0 Å². The van der Waals surface area contributed by atoms with Crippen LogP contribution in [0.3, 0.4) is 0 Å². The zero-order valence-corrected chi connectivity index (χ0v) is 8.41. The van der Waals surface area contributed by atoms with E-state index in [0.717, 1.165) is 7.11 Å². The highest BCUT2D eigenvalue weighted by atomic mass is 19.4. The number of nitrogen functional groups attached to an aromatic ring is 1. The zero-order valence-electron chi connectivity index (χ0n) is 8.41. The van der Waals surface area contributed by atoms with Crippen LogP contribution in [0.1, 0.15) is 11.1 Å². The van der Waals surface area contributed by atoms with Crippen molar-refractivity contribution in [2.45, 2.75) is 12.4 Å². The molecule has 0 aliphatic carbocycles. The van der Waals surface area contributed by atoms with Gasteiger partial charge in [-0.2, -0.15) is 26.3 Å². The van der Waals surface area contributed by atoms with Crippen molar-refractivity contribution in [2.75, 3.05) is 12.8 Å². The normalized spacial score (nSPS) is 12.6. The van der Waals surface area contributed by atoms with E-state index in [4.69, 9.17) is 5.73 Å². The minimum absolute atomic E-state index is 0.448. The van der Waals surface area contributed by atoms with Crippen LogP contribution < -0.4 is 10.5 Å². The topological polar surface area (TPSA) is 35.2 Å². The Kier molecular flexibility index (Phi) is 3.17. The summed E-state index contributed by atoms with van der Waals surface area (Å²) >= 11 is 0. The molecule has 0 amide bonds. The number of hydrogen-bond acceptors (Lipinski definition) is 2. The van der Waals surface area contributed by atoms with E-state index in [9.17, 15) is 26.3 Å². The lowest BCUT2D eigenvalue weighted by atomic mass is 10.1. The molecule has 0 spiro atoms. The second-order valence-corrected chi connectivity index (χ2v) is 3.11. The first kappa shape index (κ1) is 13.5. The van der Waals surface area contributed by atoms with Gasteiger partial charge < -0.3 is 10.5 Å². The molecular weight excluding hydrogens is 252 g/mol. The lowest BCUT2D eigenvalue weighted by molar-refractivity contribution is -0.144. The van der Waals surface area contributed by atoms with Gasteiger partial charge in [0, 0.05) is 5.69 Å². The maximum Gasteiger partial charge on any atom is 0.421 e. The predicted octanol–water partition coefficient (Wildman–Crippen LogP) is 3.32. The van der Waals surface area contributed by atoms with Crippen LogP contribution in [0.2, 0.25) is 0 Å². The van der Waals surface area contributed by atoms with Gasteiger partial charge in [-0.25, -0.2) is 0 Å².